The number of benzene rings is 2. The van der Waals surface area contributed by atoms with Crippen molar-refractivity contribution in [3.05, 3.63) is 41.5 Å². The fourth-order valence-electron chi connectivity index (χ4n) is 7.00. The van der Waals surface area contributed by atoms with Gasteiger partial charge in [-0.15, -0.1) is 0 Å². The molecule has 1 N–H and O–H groups in total. The molecule has 46 heavy (non-hydrogen) atoms. The Morgan fingerprint density at radius 3 is 1.20 bits per heavy atom. The Morgan fingerprint density at radius 2 is 0.804 bits per heavy atom. The van der Waals surface area contributed by atoms with Crippen LogP contribution in [0.25, 0.3) is 10.8 Å². The zero-order valence-electron chi connectivity index (χ0n) is 30.3. The van der Waals surface area contributed by atoms with Crippen molar-refractivity contribution in [3.63, 3.8) is 0 Å². The van der Waals surface area contributed by atoms with Gasteiger partial charge in [0.1, 0.15) is 0 Å². The molecular weight excluding hydrogens is 585 g/mol. The monoisotopic (exact) mass is 657 g/mol. The number of hydrogen-bond acceptors (Lipinski definition) is 2. The standard InChI is InChI=1S/C42H72O3S/c1-3-5-7-9-11-13-15-17-19-21-23-25-27-29-31-38-33-34-39-36-40(42(46(43,44)45)37-41(39)35-38)32-30-28-26-24-22-20-18-16-14-12-10-8-6-4-2/h33-37H,3-32H2,1-2H3,(H,43,44,45). The van der Waals surface area contributed by atoms with Crippen molar-refractivity contribution < 1.29 is 13.0 Å². The number of fused-ring (bicyclic) bond motifs is 1. The van der Waals surface area contributed by atoms with Crippen LogP contribution in [0.15, 0.2) is 35.2 Å². The molecule has 0 bridgehead atoms. The number of rotatable bonds is 31. The highest BCUT2D eigenvalue weighted by atomic mass is 32.2. The lowest BCUT2D eigenvalue weighted by Crippen LogP contribution is -2.04. The molecule has 3 nitrogen and oxygen atoms in total. The molecule has 0 fully saturated rings. The molecule has 264 valence electrons. The van der Waals surface area contributed by atoms with Crippen molar-refractivity contribution in [3.8, 4) is 0 Å². The van der Waals surface area contributed by atoms with Gasteiger partial charge in [0.25, 0.3) is 10.1 Å². The van der Waals surface area contributed by atoms with Crippen LogP contribution in [-0.2, 0) is 23.0 Å². The zero-order valence-corrected chi connectivity index (χ0v) is 31.1. The Labute approximate surface area is 285 Å². The first-order valence-corrected chi connectivity index (χ1v) is 21.4. The van der Waals surface area contributed by atoms with E-state index in [9.17, 15) is 13.0 Å². The van der Waals surface area contributed by atoms with Crippen LogP contribution in [0.4, 0.5) is 0 Å². The average Bonchev–Trinajstić information content (AvgIpc) is 3.04. The minimum Gasteiger partial charge on any atom is -0.282 e. The number of aryl methyl sites for hydroxylation is 2. The topological polar surface area (TPSA) is 54.4 Å². The molecule has 0 radical (unpaired) electrons. The quantitative estimate of drug-likeness (QED) is 0.0649. The Kier molecular flexibility index (Phi) is 23.5. The average molecular weight is 657 g/mol. The second-order valence-corrected chi connectivity index (χ2v) is 15.7. The van der Waals surface area contributed by atoms with Gasteiger partial charge in [-0.25, -0.2) is 0 Å². The van der Waals surface area contributed by atoms with Gasteiger partial charge in [0.2, 0.25) is 0 Å². The largest absolute Gasteiger partial charge is 0.294 e. The minimum absolute atomic E-state index is 0.100. The second-order valence-electron chi connectivity index (χ2n) is 14.3. The van der Waals surface area contributed by atoms with E-state index in [1.165, 1.54) is 173 Å². The van der Waals surface area contributed by atoms with Gasteiger partial charge in [0.05, 0.1) is 4.90 Å². The molecule has 0 atom stereocenters. The lowest BCUT2D eigenvalue weighted by atomic mass is 9.98. The highest BCUT2D eigenvalue weighted by Crippen LogP contribution is 2.27. The van der Waals surface area contributed by atoms with Crippen LogP contribution >= 0.6 is 0 Å². The Bertz CT molecular complexity index is 1120. The third-order valence-electron chi connectivity index (χ3n) is 9.98. The molecule has 2 rings (SSSR count). The van der Waals surface area contributed by atoms with Crippen molar-refractivity contribution >= 4 is 20.9 Å². The Morgan fingerprint density at radius 1 is 0.435 bits per heavy atom. The van der Waals surface area contributed by atoms with Gasteiger partial charge in [-0.05, 0) is 59.7 Å². The van der Waals surface area contributed by atoms with Gasteiger partial charge < -0.3 is 0 Å². The number of hydrogen-bond donors (Lipinski definition) is 1. The van der Waals surface area contributed by atoms with Crippen molar-refractivity contribution in [2.24, 2.45) is 0 Å². The molecule has 0 aliphatic heterocycles. The van der Waals surface area contributed by atoms with Gasteiger partial charge in [-0.2, -0.15) is 8.42 Å². The molecule has 2 aromatic rings. The summed E-state index contributed by atoms with van der Waals surface area (Å²) in [6.45, 7) is 4.55. The maximum absolute atomic E-state index is 12.3. The molecule has 0 saturated carbocycles. The molecule has 0 saturated heterocycles. The van der Waals surface area contributed by atoms with Gasteiger partial charge in [0.15, 0.2) is 0 Å². The molecule has 0 unspecified atom stereocenters. The molecular formula is C42H72O3S. The summed E-state index contributed by atoms with van der Waals surface area (Å²) in [5.74, 6) is 0. The third-order valence-corrected chi connectivity index (χ3v) is 10.9. The molecule has 0 amide bonds. The van der Waals surface area contributed by atoms with Crippen molar-refractivity contribution in [2.75, 3.05) is 0 Å². The molecule has 0 aliphatic rings. The summed E-state index contributed by atoms with van der Waals surface area (Å²) in [5.41, 5.74) is 2.01. The summed E-state index contributed by atoms with van der Waals surface area (Å²) in [4.78, 5) is 0.100. The summed E-state index contributed by atoms with van der Waals surface area (Å²) < 4.78 is 34.6. The van der Waals surface area contributed by atoms with Crippen LogP contribution in [0, 0.1) is 0 Å². The lowest BCUT2D eigenvalue weighted by molar-refractivity contribution is 0.481. The van der Waals surface area contributed by atoms with Crippen molar-refractivity contribution in [1.82, 2.24) is 0 Å². The predicted octanol–water partition coefficient (Wildman–Crippen LogP) is 14.1. The molecule has 2 aromatic carbocycles. The molecule has 0 aromatic heterocycles. The van der Waals surface area contributed by atoms with Gasteiger partial charge in [-0.1, -0.05) is 199 Å². The van der Waals surface area contributed by atoms with Crippen molar-refractivity contribution in [1.29, 1.82) is 0 Å². The first kappa shape index (κ1) is 40.8. The van der Waals surface area contributed by atoms with Crippen LogP contribution in [0.5, 0.6) is 0 Å². The summed E-state index contributed by atoms with van der Waals surface area (Å²) in [7, 11) is -4.25. The first-order chi connectivity index (χ1) is 22.5. The highest BCUT2D eigenvalue weighted by Gasteiger charge is 2.17. The smallest absolute Gasteiger partial charge is 0.282 e. The van der Waals surface area contributed by atoms with E-state index in [1.54, 1.807) is 6.07 Å². The van der Waals surface area contributed by atoms with E-state index in [0.717, 1.165) is 35.6 Å². The summed E-state index contributed by atoms with van der Waals surface area (Å²) in [6, 6.07) is 10.2. The van der Waals surface area contributed by atoms with Crippen LogP contribution < -0.4 is 0 Å². The predicted molar refractivity (Wildman–Crippen MR) is 202 cm³/mol. The Balaban J connectivity index is 1.63. The van der Waals surface area contributed by atoms with E-state index < -0.39 is 10.1 Å². The SMILES string of the molecule is CCCCCCCCCCCCCCCCc1ccc2cc(CCCCCCCCCCCCCCCC)c(S(=O)(=O)O)cc2c1. The van der Waals surface area contributed by atoms with E-state index in [4.69, 9.17) is 0 Å². The van der Waals surface area contributed by atoms with Gasteiger partial charge in [0, 0.05) is 0 Å². The molecule has 0 heterocycles. The fourth-order valence-corrected chi connectivity index (χ4v) is 7.77. The normalized spacial score (nSPS) is 12.0. The van der Waals surface area contributed by atoms with E-state index in [0.29, 0.717) is 6.42 Å². The molecule has 0 aliphatic carbocycles. The number of unbranched alkanes of at least 4 members (excludes halogenated alkanes) is 26. The fraction of sp³-hybridized carbons (Fsp3) is 0.762. The summed E-state index contributed by atoms with van der Waals surface area (Å²) >= 11 is 0. The maximum atomic E-state index is 12.3. The van der Waals surface area contributed by atoms with Crippen LogP contribution in [0.2, 0.25) is 0 Å². The highest BCUT2D eigenvalue weighted by molar-refractivity contribution is 7.85. The third kappa shape index (κ3) is 19.4. The van der Waals surface area contributed by atoms with Crippen LogP contribution in [0.3, 0.4) is 0 Å². The van der Waals surface area contributed by atoms with E-state index in [2.05, 4.69) is 32.0 Å². The minimum atomic E-state index is -4.25. The zero-order chi connectivity index (χ0) is 33.1. The lowest BCUT2D eigenvalue weighted by Gasteiger charge is -2.11. The summed E-state index contributed by atoms with van der Waals surface area (Å²) in [5, 5.41) is 1.98. The maximum Gasteiger partial charge on any atom is 0.294 e. The van der Waals surface area contributed by atoms with Gasteiger partial charge >= 0.3 is 0 Å². The van der Waals surface area contributed by atoms with E-state index >= 15 is 0 Å². The molecule has 4 heteroatoms. The van der Waals surface area contributed by atoms with E-state index in [1.807, 2.05) is 6.07 Å². The van der Waals surface area contributed by atoms with Crippen molar-refractivity contribution in [2.45, 2.75) is 211 Å². The van der Waals surface area contributed by atoms with Crippen LogP contribution in [-0.4, -0.2) is 13.0 Å². The Hall–Kier alpha value is -1.39. The first-order valence-electron chi connectivity index (χ1n) is 20.0. The van der Waals surface area contributed by atoms with Gasteiger partial charge in [-0.3, -0.25) is 4.55 Å². The summed E-state index contributed by atoms with van der Waals surface area (Å²) in [6.07, 6.45) is 39.0. The van der Waals surface area contributed by atoms with E-state index in [-0.39, 0.29) is 4.90 Å². The molecule has 0 spiro atoms. The van der Waals surface area contributed by atoms with Crippen LogP contribution in [0.1, 0.15) is 205 Å². The second kappa shape index (κ2) is 26.6.